The van der Waals surface area contributed by atoms with Gasteiger partial charge in [-0.25, -0.2) is 9.98 Å². The van der Waals surface area contributed by atoms with Crippen LogP contribution in [0.4, 0.5) is 5.82 Å². The van der Waals surface area contributed by atoms with Crippen LogP contribution >= 0.6 is 0 Å². The molecule has 142 valence electrons. The second-order valence-electron chi connectivity index (χ2n) is 7.11. The van der Waals surface area contributed by atoms with E-state index in [0.717, 1.165) is 30.7 Å². The maximum atomic E-state index is 12.1. The summed E-state index contributed by atoms with van der Waals surface area (Å²) in [5, 5.41) is 2.85. The number of aliphatic imine (C=N–C) groups is 1. The lowest BCUT2D eigenvalue weighted by molar-refractivity contribution is 0.0957. The van der Waals surface area contributed by atoms with E-state index >= 15 is 0 Å². The van der Waals surface area contributed by atoms with Gasteiger partial charge in [-0.3, -0.25) is 4.79 Å². The highest BCUT2D eigenvalue weighted by Gasteiger charge is 2.29. The lowest BCUT2D eigenvalue weighted by Crippen LogP contribution is -2.23. The third-order valence-electron chi connectivity index (χ3n) is 4.61. The third kappa shape index (κ3) is 6.20. The van der Waals surface area contributed by atoms with Crippen LogP contribution in [0, 0.1) is 11.8 Å². The van der Waals surface area contributed by atoms with Gasteiger partial charge >= 0.3 is 0 Å². The number of carbonyl (C=O) groups is 1. The van der Waals surface area contributed by atoms with Crippen molar-refractivity contribution in [3.05, 3.63) is 60.0 Å². The second-order valence-corrected chi connectivity index (χ2v) is 7.11. The first-order valence-corrected chi connectivity index (χ1v) is 9.79. The van der Waals surface area contributed by atoms with Gasteiger partial charge in [-0.2, -0.15) is 0 Å². The first kappa shape index (κ1) is 19.1. The summed E-state index contributed by atoms with van der Waals surface area (Å²) in [6.07, 6.45) is 17.2. The average molecular weight is 364 g/mol. The van der Waals surface area contributed by atoms with Crippen LogP contribution in [0.3, 0.4) is 0 Å². The standard InChI is InChI=1S/C22H28N4O/c1-2-3-4-5-6-13-24-22(27)18-11-12-21(25-15-18)26-20(17-9-10-17)14-19(23)16-7-8-16/h3-6,11-12,14-17H,2,7-10,13,23H2,1H3,(H,24,27)/b4-3-,6-5-,19-14?,26-20?. The lowest BCUT2D eigenvalue weighted by Gasteiger charge is -2.04. The van der Waals surface area contributed by atoms with E-state index in [4.69, 9.17) is 5.73 Å². The van der Waals surface area contributed by atoms with Crippen LogP contribution in [-0.4, -0.2) is 23.1 Å². The molecular formula is C22H28N4O. The Morgan fingerprint density at radius 3 is 2.59 bits per heavy atom. The molecule has 0 atom stereocenters. The quantitative estimate of drug-likeness (QED) is 0.512. The molecule has 0 aromatic carbocycles. The number of amides is 1. The van der Waals surface area contributed by atoms with Crippen LogP contribution in [0.5, 0.6) is 0 Å². The molecule has 27 heavy (non-hydrogen) atoms. The summed E-state index contributed by atoms with van der Waals surface area (Å²) in [7, 11) is 0. The Bertz CT molecular complexity index is 766. The van der Waals surface area contributed by atoms with Crippen LogP contribution in [0.2, 0.25) is 0 Å². The van der Waals surface area contributed by atoms with Gasteiger partial charge in [-0.15, -0.1) is 0 Å². The fraction of sp³-hybridized carbons (Fsp3) is 0.409. The first-order chi connectivity index (χ1) is 13.2. The summed E-state index contributed by atoms with van der Waals surface area (Å²) in [6, 6.07) is 3.55. The van der Waals surface area contributed by atoms with Crippen molar-refractivity contribution in [3.63, 3.8) is 0 Å². The van der Waals surface area contributed by atoms with Gasteiger partial charge in [0.25, 0.3) is 5.91 Å². The Labute approximate surface area is 161 Å². The maximum absolute atomic E-state index is 12.1. The fourth-order valence-electron chi connectivity index (χ4n) is 2.66. The number of nitrogens with zero attached hydrogens (tertiary/aromatic N) is 2. The number of aromatic nitrogens is 1. The van der Waals surface area contributed by atoms with Gasteiger partial charge in [0.05, 0.1) is 5.56 Å². The zero-order valence-corrected chi connectivity index (χ0v) is 15.9. The van der Waals surface area contributed by atoms with Crippen molar-refractivity contribution in [2.75, 3.05) is 6.54 Å². The summed E-state index contributed by atoms with van der Waals surface area (Å²) >= 11 is 0. The number of allylic oxidation sites excluding steroid dienone is 5. The third-order valence-corrected chi connectivity index (χ3v) is 4.61. The molecule has 1 heterocycles. The van der Waals surface area contributed by atoms with E-state index in [0.29, 0.717) is 29.8 Å². The van der Waals surface area contributed by atoms with Gasteiger partial charge in [0, 0.05) is 30.1 Å². The van der Waals surface area contributed by atoms with Crippen LogP contribution in [0.15, 0.2) is 59.4 Å². The molecular weight excluding hydrogens is 336 g/mol. The number of pyridine rings is 1. The molecule has 2 fully saturated rings. The van der Waals surface area contributed by atoms with Crippen molar-refractivity contribution in [1.29, 1.82) is 0 Å². The van der Waals surface area contributed by atoms with Crippen LogP contribution in [0.25, 0.3) is 0 Å². The van der Waals surface area contributed by atoms with Crippen LogP contribution in [0.1, 0.15) is 49.4 Å². The Morgan fingerprint density at radius 2 is 1.96 bits per heavy atom. The van der Waals surface area contributed by atoms with E-state index in [1.54, 1.807) is 18.3 Å². The summed E-state index contributed by atoms with van der Waals surface area (Å²) in [5.41, 5.74) is 8.65. The smallest absolute Gasteiger partial charge is 0.253 e. The van der Waals surface area contributed by atoms with Crippen molar-refractivity contribution in [2.24, 2.45) is 22.6 Å². The van der Waals surface area contributed by atoms with Gasteiger partial charge < -0.3 is 11.1 Å². The molecule has 3 N–H and O–H groups in total. The van der Waals surface area contributed by atoms with Gasteiger partial charge in [0.1, 0.15) is 0 Å². The summed E-state index contributed by atoms with van der Waals surface area (Å²) < 4.78 is 0. The molecule has 5 heteroatoms. The molecule has 0 unspecified atom stereocenters. The highest BCUT2D eigenvalue weighted by molar-refractivity contribution is 6.00. The summed E-state index contributed by atoms with van der Waals surface area (Å²) in [4.78, 5) is 21.2. The maximum Gasteiger partial charge on any atom is 0.253 e. The highest BCUT2D eigenvalue weighted by Crippen LogP contribution is 2.37. The molecule has 0 aliphatic heterocycles. The molecule has 3 rings (SSSR count). The molecule has 0 spiro atoms. The molecule has 0 saturated heterocycles. The average Bonchev–Trinajstić information content (AvgIpc) is 3.57. The number of hydrogen-bond donors (Lipinski definition) is 2. The van der Waals surface area contributed by atoms with Crippen LogP contribution in [-0.2, 0) is 0 Å². The van der Waals surface area contributed by atoms with E-state index in [9.17, 15) is 4.79 Å². The lowest BCUT2D eigenvalue weighted by atomic mass is 10.1. The second kappa shape index (κ2) is 9.31. The van der Waals surface area contributed by atoms with Gasteiger partial charge in [-0.1, -0.05) is 31.2 Å². The monoisotopic (exact) mass is 364 g/mol. The largest absolute Gasteiger partial charge is 0.402 e. The number of nitrogens with one attached hydrogen (secondary N) is 1. The van der Waals surface area contributed by atoms with E-state index in [-0.39, 0.29) is 5.91 Å². The summed E-state index contributed by atoms with van der Waals surface area (Å²) in [6.45, 7) is 2.57. The molecule has 2 aliphatic rings. The predicted molar refractivity (Wildman–Crippen MR) is 110 cm³/mol. The Hall–Kier alpha value is -2.69. The van der Waals surface area contributed by atoms with Gasteiger partial charge in [0.2, 0.25) is 0 Å². The number of nitrogens with two attached hydrogens (primary N) is 1. The van der Waals surface area contributed by atoms with E-state index in [1.807, 2.05) is 24.3 Å². The molecule has 1 amide bonds. The molecule has 2 aliphatic carbocycles. The molecule has 1 aromatic rings. The van der Waals surface area contributed by atoms with Crippen LogP contribution < -0.4 is 11.1 Å². The molecule has 0 bridgehead atoms. The van der Waals surface area contributed by atoms with Crippen molar-refractivity contribution >= 4 is 17.4 Å². The van der Waals surface area contributed by atoms with Gasteiger partial charge in [0.15, 0.2) is 5.82 Å². The SMILES string of the molecule is CC/C=C\C=C/CNC(=O)c1ccc(N=C(C=C(N)C2CC2)C2CC2)nc1. The zero-order chi connectivity index (χ0) is 19.1. The van der Waals surface area contributed by atoms with Crippen molar-refractivity contribution < 1.29 is 4.79 Å². The summed E-state index contributed by atoms with van der Waals surface area (Å²) in [5.74, 6) is 1.53. The normalized spacial score (nSPS) is 18.4. The Morgan fingerprint density at radius 1 is 1.22 bits per heavy atom. The Balaban J connectivity index is 1.58. The number of carbonyl (C=O) groups excluding carboxylic acids is 1. The van der Waals surface area contributed by atoms with E-state index in [1.165, 1.54) is 12.8 Å². The highest BCUT2D eigenvalue weighted by atomic mass is 16.1. The van der Waals surface area contributed by atoms with Crippen molar-refractivity contribution in [3.8, 4) is 0 Å². The minimum atomic E-state index is -0.137. The first-order valence-electron chi connectivity index (χ1n) is 9.79. The zero-order valence-electron chi connectivity index (χ0n) is 15.9. The van der Waals surface area contributed by atoms with Crippen molar-refractivity contribution in [2.45, 2.75) is 39.0 Å². The van der Waals surface area contributed by atoms with Gasteiger partial charge in [-0.05, 0) is 56.2 Å². The van der Waals surface area contributed by atoms with E-state index in [2.05, 4.69) is 28.3 Å². The minimum absolute atomic E-state index is 0.137. The molecule has 0 radical (unpaired) electrons. The predicted octanol–water partition coefficient (Wildman–Crippen LogP) is 4.07. The minimum Gasteiger partial charge on any atom is -0.402 e. The molecule has 1 aromatic heterocycles. The Kier molecular flexibility index (Phi) is 6.58. The van der Waals surface area contributed by atoms with Crippen molar-refractivity contribution in [1.82, 2.24) is 10.3 Å². The molecule has 2 saturated carbocycles. The number of rotatable bonds is 9. The van der Waals surface area contributed by atoms with E-state index < -0.39 is 0 Å². The number of hydrogen-bond acceptors (Lipinski definition) is 4. The molecule has 5 nitrogen and oxygen atoms in total. The fourth-order valence-corrected chi connectivity index (χ4v) is 2.66. The topological polar surface area (TPSA) is 80.4 Å².